The van der Waals surface area contributed by atoms with Crippen LogP contribution in [0.3, 0.4) is 0 Å². The van der Waals surface area contributed by atoms with Gasteiger partial charge in [-0.05, 0) is 25.5 Å². The number of thioether (sulfide) groups is 1. The van der Waals surface area contributed by atoms with Gasteiger partial charge in [0.15, 0.2) is 5.16 Å². The number of nitrogens with one attached hydrogen (secondary N) is 1. The lowest BCUT2D eigenvalue weighted by Crippen LogP contribution is -2.37. The maximum atomic E-state index is 12.9. The maximum Gasteiger partial charge on any atom is 0.262 e. The van der Waals surface area contributed by atoms with Crippen LogP contribution in [0.15, 0.2) is 34.2 Å². The molecule has 4 aromatic rings. The summed E-state index contributed by atoms with van der Waals surface area (Å²) < 4.78 is 1.56. The summed E-state index contributed by atoms with van der Waals surface area (Å²) in [7, 11) is 1.73. The van der Waals surface area contributed by atoms with Crippen molar-refractivity contribution in [2.24, 2.45) is 7.05 Å². The Labute approximate surface area is 181 Å². The van der Waals surface area contributed by atoms with E-state index in [1.54, 1.807) is 11.6 Å². The van der Waals surface area contributed by atoms with Crippen LogP contribution in [0, 0.1) is 13.8 Å². The molecular formula is C22H22N4O2S2. The van der Waals surface area contributed by atoms with Crippen LogP contribution in [0.5, 0.6) is 0 Å². The third-order valence-electron chi connectivity index (χ3n) is 5.93. The molecule has 8 heteroatoms. The quantitative estimate of drug-likeness (QED) is 0.390. The van der Waals surface area contributed by atoms with Crippen LogP contribution in [0.1, 0.15) is 21.7 Å². The lowest BCUT2D eigenvalue weighted by atomic mass is 10.0. The third-order valence-corrected chi connectivity index (χ3v) is 8.05. The fourth-order valence-electron chi connectivity index (χ4n) is 4.08. The lowest BCUT2D eigenvalue weighted by Gasteiger charge is -2.27. The van der Waals surface area contributed by atoms with Crippen molar-refractivity contribution in [3.63, 3.8) is 0 Å². The van der Waals surface area contributed by atoms with E-state index in [1.807, 2.05) is 30.9 Å². The Bertz CT molecular complexity index is 1370. The minimum atomic E-state index is -0.0433. The van der Waals surface area contributed by atoms with Crippen LogP contribution in [0.2, 0.25) is 0 Å². The molecule has 1 amide bonds. The van der Waals surface area contributed by atoms with E-state index >= 15 is 0 Å². The standard InChI is InChI=1S/C22H22N4O2S2/c1-12-13(2)30-20-19(12)21(28)25(3)22(24-20)29-11-18(27)26-9-8-17-15(10-26)14-6-4-5-7-16(14)23-17/h4-7,23H,8-11H2,1-3H3. The van der Waals surface area contributed by atoms with E-state index in [9.17, 15) is 9.59 Å². The van der Waals surface area contributed by atoms with Gasteiger partial charge in [-0.15, -0.1) is 11.3 Å². The Morgan fingerprint density at radius 2 is 2.10 bits per heavy atom. The summed E-state index contributed by atoms with van der Waals surface area (Å²) in [5.41, 5.74) is 4.52. The number of benzene rings is 1. The molecule has 0 bridgehead atoms. The molecule has 1 aromatic carbocycles. The van der Waals surface area contributed by atoms with Crippen LogP contribution in [-0.4, -0.2) is 37.6 Å². The first-order valence-electron chi connectivity index (χ1n) is 9.90. The van der Waals surface area contributed by atoms with E-state index in [0.29, 0.717) is 23.6 Å². The number of aromatic amines is 1. The molecule has 0 unspecified atom stereocenters. The summed E-state index contributed by atoms with van der Waals surface area (Å²) in [6, 6.07) is 8.23. The monoisotopic (exact) mass is 438 g/mol. The van der Waals surface area contributed by atoms with E-state index in [-0.39, 0.29) is 17.2 Å². The molecule has 154 valence electrons. The average Bonchev–Trinajstić information content (AvgIpc) is 3.26. The number of amides is 1. The third kappa shape index (κ3) is 3.06. The van der Waals surface area contributed by atoms with Crippen molar-refractivity contribution in [2.45, 2.75) is 32.0 Å². The smallest absolute Gasteiger partial charge is 0.262 e. The fraction of sp³-hybridized carbons (Fsp3) is 0.318. The molecule has 1 aliphatic heterocycles. The minimum Gasteiger partial charge on any atom is -0.358 e. The van der Waals surface area contributed by atoms with Crippen LogP contribution < -0.4 is 5.56 Å². The molecule has 0 fully saturated rings. The van der Waals surface area contributed by atoms with Gasteiger partial charge in [0, 0.05) is 53.6 Å². The normalized spacial score (nSPS) is 13.9. The number of carbonyl (C=O) groups excluding carboxylic acids is 1. The number of H-pyrrole nitrogens is 1. The number of aromatic nitrogens is 3. The molecule has 0 aliphatic carbocycles. The number of carbonyl (C=O) groups is 1. The van der Waals surface area contributed by atoms with E-state index in [2.05, 4.69) is 22.1 Å². The Morgan fingerprint density at radius 3 is 2.93 bits per heavy atom. The Kier molecular flexibility index (Phi) is 4.71. The first-order chi connectivity index (χ1) is 14.4. The first kappa shape index (κ1) is 19.4. The molecule has 0 spiro atoms. The minimum absolute atomic E-state index is 0.0433. The highest BCUT2D eigenvalue weighted by Crippen LogP contribution is 2.30. The summed E-state index contributed by atoms with van der Waals surface area (Å²) in [6.07, 6.45) is 0.830. The molecule has 30 heavy (non-hydrogen) atoms. The van der Waals surface area contributed by atoms with Crippen molar-refractivity contribution >= 4 is 50.1 Å². The molecule has 1 N–H and O–H groups in total. The summed E-state index contributed by atoms with van der Waals surface area (Å²) in [5, 5.41) is 2.47. The van der Waals surface area contributed by atoms with Crippen molar-refractivity contribution < 1.29 is 4.79 Å². The van der Waals surface area contributed by atoms with Crippen molar-refractivity contribution in [1.82, 2.24) is 19.4 Å². The molecular weight excluding hydrogens is 416 g/mol. The van der Waals surface area contributed by atoms with Crippen LogP contribution in [0.4, 0.5) is 0 Å². The van der Waals surface area contributed by atoms with Crippen molar-refractivity contribution in [3.8, 4) is 0 Å². The number of para-hydroxylation sites is 1. The maximum absolute atomic E-state index is 12.9. The number of thiophene rings is 1. The Morgan fingerprint density at radius 1 is 1.30 bits per heavy atom. The lowest BCUT2D eigenvalue weighted by molar-refractivity contribution is -0.129. The van der Waals surface area contributed by atoms with Gasteiger partial charge in [0.2, 0.25) is 5.91 Å². The summed E-state index contributed by atoms with van der Waals surface area (Å²) in [5.74, 6) is 0.344. The molecule has 0 saturated carbocycles. The zero-order valence-electron chi connectivity index (χ0n) is 17.1. The number of rotatable bonds is 3. The average molecular weight is 439 g/mol. The van der Waals surface area contributed by atoms with Crippen LogP contribution in [0.25, 0.3) is 21.1 Å². The van der Waals surface area contributed by atoms with Gasteiger partial charge in [-0.3, -0.25) is 14.2 Å². The summed E-state index contributed by atoms with van der Waals surface area (Å²) in [6.45, 7) is 5.29. The van der Waals surface area contributed by atoms with Crippen molar-refractivity contribution in [2.75, 3.05) is 12.3 Å². The van der Waals surface area contributed by atoms with E-state index in [4.69, 9.17) is 0 Å². The molecule has 0 saturated heterocycles. The molecule has 0 atom stereocenters. The molecule has 5 rings (SSSR count). The fourth-order valence-corrected chi connectivity index (χ4v) is 6.03. The molecule has 0 radical (unpaired) electrons. The highest BCUT2D eigenvalue weighted by Gasteiger charge is 2.24. The van der Waals surface area contributed by atoms with Gasteiger partial charge in [-0.1, -0.05) is 30.0 Å². The summed E-state index contributed by atoms with van der Waals surface area (Å²) >= 11 is 2.88. The van der Waals surface area contributed by atoms with Gasteiger partial charge in [0.1, 0.15) is 4.83 Å². The van der Waals surface area contributed by atoms with E-state index < -0.39 is 0 Å². The van der Waals surface area contributed by atoms with Gasteiger partial charge in [0.05, 0.1) is 11.1 Å². The number of hydrogen-bond acceptors (Lipinski definition) is 5. The number of fused-ring (bicyclic) bond motifs is 4. The highest BCUT2D eigenvalue weighted by molar-refractivity contribution is 7.99. The second kappa shape index (κ2) is 7.28. The van der Waals surface area contributed by atoms with Gasteiger partial charge in [0.25, 0.3) is 5.56 Å². The second-order valence-corrected chi connectivity index (χ2v) is 9.85. The summed E-state index contributed by atoms with van der Waals surface area (Å²) in [4.78, 5) is 37.6. The Balaban J connectivity index is 1.36. The predicted octanol–water partition coefficient (Wildman–Crippen LogP) is 3.77. The Hall–Kier alpha value is -2.58. The SMILES string of the molecule is Cc1sc2nc(SCC(=O)N3CCc4[nH]c5ccccc5c4C3)n(C)c(=O)c2c1C. The second-order valence-electron chi connectivity index (χ2n) is 7.70. The number of nitrogens with zero attached hydrogens (tertiary/aromatic N) is 3. The van der Waals surface area contributed by atoms with Gasteiger partial charge in [-0.2, -0.15) is 0 Å². The van der Waals surface area contributed by atoms with Crippen LogP contribution in [-0.2, 0) is 24.8 Å². The molecule has 1 aliphatic rings. The highest BCUT2D eigenvalue weighted by atomic mass is 32.2. The first-order valence-corrected chi connectivity index (χ1v) is 11.7. The molecule has 6 nitrogen and oxygen atoms in total. The number of hydrogen-bond donors (Lipinski definition) is 1. The van der Waals surface area contributed by atoms with E-state index in [0.717, 1.165) is 27.2 Å². The van der Waals surface area contributed by atoms with Crippen LogP contribution >= 0.6 is 23.1 Å². The zero-order chi connectivity index (χ0) is 21.0. The predicted molar refractivity (Wildman–Crippen MR) is 122 cm³/mol. The van der Waals surface area contributed by atoms with Crippen molar-refractivity contribution in [1.29, 1.82) is 0 Å². The van der Waals surface area contributed by atoms with Crippen molar-refractivity contribution in [3.05, 3.63) is 56.3 Å². The van der Waals surface area contributed by atoms with E-state index in [1.165, 1.54) is 39.7 Å². The zero-order valence-corrected chi connectivity index (χ0v) is 18.7. The van der Waals surface area contributed by atoms with Gasteiger partial charge < -0.3 is 9.88 Å². The van der Waals surface area contributed by atoms with Gasteiger partial charge >= 0.3 is 0 Å². The largest absolute Gasteiger partial charge is 0.358 e. The number of aryl methyl sites for hydroxylation is 2. The molecule has 3 aromatic heterocycles. The molecule has 4 heterocycles. The topological polar surface area (TPSA) is 71.0 Å². The van der Waals surface area contributed by atoms with Gasteiger partial charge in [-0.25, -0.2) is 4.98 Å².